The Balaban J connectivity index is 2.08. The van der Waals surface area contributed by atoms with E-state index in [1.54, 1.807) is 0 Å². The van der Waals surface area contributed by atoms with Crippen LogP contribution in [-0.4, -0.2) is 43.8 Å². The Morgan fingerprint density at radius 3 is 2.69 bits per heavy atom. The molecule has 0 spiro atoms. The average molecular weight is 238 g/mol. The standard InChI is InChI=1S/C11H21F3N2/c1-10-3-2-6-16(7-4-10)8-5-15-9-11(12,13)14/h10,15H,2-9H2,1H3. The normalized spacial score (nSPS) is 24.4. The largest absolute Gasteiger partial charge is 0.401 e. The smallest absolute Gasteiger partial charge is 0.307 e. The van der Waals surface area contributed by atoms with Crippen LogP contribution in [0.3, 0.4) is 0 Å². The molecule has 96 valence electrons. The highest BCUT2D eigenvalue weighted by molar-refractivity contribution is 4.68. The minimum Gasteiger partial charge on any atom is -0.307 e. The summed E-state index contributed by atoms with van der Waals surface area (Å²) in [6, 6.07) is 0. The molecular weight excluding hydrogens is 217 g/mol. The third-order valence-electron chi connectivity index (χ3n) is 3.04. The van der Waals surface area contributed by atoms with Crippen LogP contribution in [0.1, 0.15) is 26.2 Å². The van der Waals surface area contributed by atoms with Crippen molar-refractivity contribution in [3.8, 4) is 0 Å². The van der Waals surface area contributed by atoms with Gasteiger partial charge in [-0.3, -0.25) is 0 Å². The van der Waals surface area contributed by atoms with E-state index in [-0.39, 0.29) is 0 Å². The first-order valence-electron chi connectivity index (χ1n) is 5.97. The average Bonchev–Trinajstić information content (AvgIpc) is 2.37. The number of likely N-dealkylation sites (tertiary alicyclic amines) is 1. The Kier molecular flexibility index (Phi) is 5.55. The van der Waals surface area contributed by atoms with Gasteiger partial charge in [0.1, 0.15) is 0 Å². The zero-order valence-corrected chi connectivity index (χ0v) is 9.82. The van der Waals surface area contributed by atoms with E-state index in [2.05, 4.69) is 17.1 Å². The van der Waals surface area contributed by atoms with Gasteiger partial charge in [0.2, 0.25) is 0 Å². The number of nitrogens with zero attached hydrogens (tertiary/aromatic N) is 1. The molecular formula is C11H21F3N2. The molecule has 1 fully saturated rings. The van der Waals surface area contributed by atoms with Crippen molar-refractivity contribution in [3.63, 3.8) is 0 Å². The quantitative estimate of drug-likeness (QED) is 0.756. The second-order valence-corrected chi connectivity index (χ2v) is 4.67. The lowest BCUT2D eigenvalue weighted by Gasteiger charge is -2.20. The molecule has 16 heavy (non-hydrogen) atoms. The zero-order chi connectivity index (χ0) is 12.0. The van der Waals surface area contributed by atoms with Crippen LogP contribution in [0, 0.1) is 5.92 Å². The summed E-state index contributed by atoms with van der Waals surface area (Å²) in [6.07, 6.45) is -0.514. The molecule has 0 aromatic rings. The molecule has 0 saturated carbocycles. The monoisotopic (exact) mass is 238 g/mol. The fraction of sp³-hybridized carbons (Fsp3) is 1.00. The Morgan fingerprint density at radius 1 is 1.25 bits per heavy atom. The van der Waals surface area contributed by atoms with Crippen LogP contribution >= 0.6 is 0 Å². The van der Waals surface area contributed by atoms with E-state index in [4.69, 9.17) is 0 Å². The molecule has 1 saturated heterocycles. The van der Waals surface area contributed by atoms with Crippen LogP contribution in [0.25, 0.3) is 0 Å². The number of alkyl halides is 3. The van der Waals surface area contributed by atoms with E-state index >= 15 is 0 Å². The van der Waals surface area contributed by atoms with Crippen LogP contribution in [0.4, 0.5) is 13.2 Å². The predicted octanol–water partition coefficient (Wildman–Crippen LogP) is 2.26. The summed E-state index contributed by atoms with van der Waals surface area (Å²) in [4.78, 5) is 2.26. The Labute approximate surface area is 95.2 Å². The van der Waals surface area contributed by atoms with Crippen LogP contribution in [-0.2, 0) is 0 Å². The first kappa shape index (κ1) is 13.8. The van der Waals surface area contributed by atoms with Gasteiger partial charge in [0.15, 0.2) is 0 Å². The highest BCUT2D eigenvalue weighted by atomic mass is 19.4. The van der Waals surface area contributed by atoms with Gasteiger partial charge in [-0.15, -0.1) is 0 Å². The molecule has 1 rings (SSSR count). The molecule has 1 heterocycles. The molecule has 0 aromatic heterocycles. The molecule has 1 atom stereocenters. The highest BCUT2D eigenvalue weighted by Crippen LogP contribution is 2.16. The third kappa shape index (κ3) is 6.33. The second-order valence-electron chi connectivity index (χ2n) is 4.67. The number of hydrogen-bond donors (Lipinski definition) is 1. The topological polar surface area (TPSA) is 15.3 Å². The van der Waals surface area contributed by atoms with E-state index in [9.17, 15) is 13.2 Å². The van der Waals surface area contributed by atoms with Gasteiger partial charge in [-0.2, -0.15) is 13.2 Å². The van der Waals surface area contributed by atoms with Crippen molar-refractivity contribution < 1.29 is 13.2 Å². The number of nitrogens with one attached hydrogen (secondary N) is 1. The lowest BCUT2D eigenvalue weighted by Crippen LogP contribution is -2.36. The van der Waals surface area contributed by atoms with Crippen molar-refractivity contribution >= 4 is 0 Å². The summed E-state index contributed by atoms with van der Waals surface area (Å²) in [5, 5.41) is 2.44. The molecule has 0 radical (unpaired) electrons. The summed E-state index contributed by atoms with van der Waals surface area (Å²) in [5.74, 6) is 0.758. The second kappa shape index (κ2) is 6.45. The summed E-state index contributed by atoms with van der Waals surface area (Å²) in [6.45, 7) is 4.56. The highest BCUT2D eigenvalue weighted by Gasteiger charge is 2.26. The molecule has 0 aliphatic carbocycles. The first-order valence-corrected chi connectivity index (χ1v) is 5.97. The lowest BCUT2D eigenvalue weighted by molar-refractivity contribution is -0.124. The SMILES string of the molecule is CC1CCCN(CCNCC(F)(F)F)CC1. The van der Waals surface area contributed by atoms with Crippen molar-refractivity contribution in [2.24, 2.45) is 5.92 Å². The predicted molar refractivity (Wildman–Crippen MR) is 58.4 cm³/mol. The molecule has 2 nitrogen and oxygen atoms in total. The number of hydrogen-bond acceptors (Lipinski definition) is 2. The minimum atomic E-state index is -4.09. The number of rotatable bonds is 4. The van der Waals surface area contributed by atoms with Crippen molar-refractivity contribution in [1.29, 1.82) is 0 Å². The fourth-order valence-corrected chi connectivity index (χ4v) is 2.01. The third-order valence-corrected chi connectivity index (χ3v) is 3.04. The summed E-state index contributed by atoms with van der Waals surface area (Å²) < 4.78 is 35.6. The Bertz CT molecular complexity index is 194. The van der Waals surface area contributed by atoms with Crippen molar-refractivity contribution in [3.05, 3.63) is 0 Å². The Morgan fingerprint density at radius 2 is 2.00 bits per heavy atom. The van der Waals surface area contributed by atoms with Gasteiger partial charge in [-0.1, -0.05) is 6.92 Å². The minimum absolute atomic E-state index is 0.424. The molecule has 1 aliphatic heterocycles. The van der Waals surface area contributed by atoms with Crippen LogP contribution in [0.5, 0.6) is 0 Å². The van der Waals surface area contributed by atoms with Crippen molar-refractivity contribution in [2.75, 3.05) is 32.7 Å². The zero-order valence-electron chi connectivity index (χ0n) is 9.82. The van der Waals surface area contributed by atoms with Crippen LogP contribution in [0.15, 0.2) is 0 Å². The van der Waals surface area contributed by atoms with Gasteiger partial charge in [-0.25, -0.2) is 0 Å². The molecule has 0 aromatic carbocycles. The summed E-state index contributed by atoms with van der Waals surface area (Å²) in [5.41, 5.74) is 0. The van der Waals surface area contributed by atoms with Gasteiger partial charge in [0.05, 0.1) is 6.54 Å². The molecule has 1 N–H and O–H groups in total. The Hall–Kier alpha value is -0.290. The molecule has 0 bridgehead atoms. The van der Waals surface area contributed by atoms with Crippen molar-refractivity contribution in [1.82, 2.24) is 10.2 Å². The number of halogens is 3. The molecule has 1 aliphatic rings. The van der Waals surface area contributed by atoms with E-state index in [0.29, 0.717) is 6.54 Å². The van der Waals surface area contributed by atoms with E-state index in [1.807, 2.05) is 0 Å². The molecule has 0 amide bonds. The van der Waals surface area contributed by atoms with Gasteiger partial charge in [0.25, 0.3) is 0 Å². The lowest BCUT2D eigenvalue weighted by atomic mass is 10.0. The van der Waals surface area contributed by atoms with Crippen molar-refractivity contribution in [2.45, 2.75) is 32.4 Å². The maximum Gasteiger partial charge on any atom is 0.401 e. The van der Waals surface area contributed by atoms with E-state index in [1.165, 1.54) is 19.3 Å². The maximum absolute atomic E-state index is 11.9. The summed E-state index contributed by atoms with van der Waals surface area (Å²) in [7, 11) is 0. The van der Waals surface area contributed by atoms with Gasteiger partial charge in [0, 0.05) is 13.1 Å². The molecule has 5 heteroatoms. The van der Waals surface area contributed by atoms with Crippen LogP contribution < -0.4 is 5.32 Å². The van der Waals surface area contributed by atoms with Gasteiger partial charge in [-0.05, 0) is 38.3 Å². The van der Waals surface area contributed by atoms with E-state index < -0.39 is 12.7 Å². The van der Waals surface area contributed by atoms with Gasteiger partial charge < -0.3 is 10.2 Å². The first-order chi connectivity index (χ1) is 7.47. The fourth-order valence-electron chi connectivity index (χ4n) is 2.01. The summed E-state index contributed by atoms with van der Waals surface area (Å²) >= 11 is 0. The van der Waals surface area contributed by atoms with Crippen LogP contribution in [0.2, 0.25) is 0 Å². The van der Waals surface area contributed by atoms with Gasteiger partial charge >= 0.3 is 6.18 Å². The maximum atomic E-state index is 11.9. The van der Waals surface area contributed by atoms with E-state index in [0.717, 1.165) is 25.6 Å². The molecule has 1 unspecified atom stereocenters.